The van der Waals surface area contributed by atoms with E-state index in [9.17, 15) is 50.1 Å². The molecule has 37 heavy (non-hydrogen) atoms. The molecule has 194 valence electrons. The lowest BCUT2D eigenvalue weighted by Gasteiger charge is -2.12. The van der Waals surface area contributed by atoms with Crippen LogP contribution in [0, 0.1) is 0 Å². The predicted molar refractivity (Wildman–Crippen MR) is 118 cm³/mol. The van der Waals surface area contributed by atoms with Crippen molar-refractivity contribution in [3.8, 4) is 51.7 Å². The number of hydrogen-bond acceptors (Lipinski definition) is 14. The Morgan fingerprint density at radius 3 is 1.57 bits per heavy atom. The molecule has 0 aromatic heterocycles. The minimum atomic E-state index is -1.25. The average Bonchev–Trinajstić information content (AvgIpc) is 2.86. The summed E-state index contributed by atoms with van der Waals surface area (Å²) in [5.74, 6) is -10.3. The maximum Gasteiger partial charge on any atom is 0.343 e. The van der Waals surface area contributed by atoms with Crippen molar-refractivity contribution in [3.05, 3.63) is 53.1 Å². The maximum atomic E-state index is 12.4. The molecule has 0 radical (unpaired) electrons. The third-order valence-electron chi connectivity index (χ3n) is 4.68. The highest BCUT2D eigenvalue weighted by Gasteiger charge is 2.22. The van der Waals surface area contributed by atoms with Gasteiger partial charge < -0.3 is 54.7 Å². The van der Waals surface area contributed by atoms with E-state index in [1.165, 1.54) is 0 Å². The number of rotatable bonds is 7. The van der Waals surface area contributed by atoms with Gasteiger partial charge >= 0.3 is 17.9 Å². The summed E-state index contributed by atoms with van der Waals surface area (Å²) in [5.41, 5.74) is -1.07. The van der Waals surface area contributed by atoms with E-state index in [1.807, 2.05) is 0 Å². The fourth-order valence-electron chi connectivity index (χ4n) is 2.84. The molecule has 0 aliphatic rings. The van der Waals surface area contributed by atoms with Crippen LogP contribution in [0.15, 0.2) is 36.4 Å². The van der Waals surface area contributed by atoms with E-state index in [2.05, 4.69) is 4.74 Å². The van der Waals surface area contributed by atoms with Crippen LogP contribution in [0.5, 0.6) is 51.7 Å². The molecule has 14 heteroatoms. The Hall–Kier alpha value is -5.53. The number of carbonyl (C=O) groups excluding carboxylic acids is 3. The largest absolute Gasteiger partial charge is 0.504 e. The van der Waals surface area contributed by atoms with Gasteiger partial charge in [0.1, 0.15) is 0 Å². The molecule has 0 saturated carbocycles. The third kappa shape index (κ3) is 5.59. The summed E-state index contributed by atoms with van der Waals surface area (Å²) in [6.07, 6.45) is 0. The number of esters is 3. The average molecular weight is 518 g/mol. The number of ether oxygens (including phenoxy) is 4. The van der Waals surface area contributed by atoms with Gasteiger partial charge in [-0.15, -0.1) is 0 Å². The molecule has 0 aliphatic carbocycles. The van der Waals surface area contributed by atoms with Gasteiger partial charge in [0.25, 0.3) is 0 Å². The molecule has 0 fully saturated rings. The van der Waals surface area contributed by atoms with Gasteiger partial charge in [-0.2, -0.15) is 0 Å². The fraction of sp³-hybridized carbons (Fsp3) is 0.0870. The Labute approximate surface area is 206 Å². The van der Waals surface area contributed by atoms with Gasteiger partial charge in [0, 0.05) is 0 Å². The van der Waals surface area contributed by atoms with Gasteiger partial charge in [0.05, 0.1) is 23.8 Å². The zero-order chi connectivity index (χ0) is 27.4. The van der Waals surface area contributed by atoms with Crippen molar-refractivity contribution in [2.45, 2.75) is 0 Å². The van der Waals surface area contributed by atoms with Crippen molar-refractivity contribution in [1.82, 2.24) is 0 Å². The molecule has 3 aromatic rings. The predicted octanol–water partition coefficient (Wildman–Crippen LogP) is 1.82. The van der Waals surface area contributed by atoms with E-state index in [4.69, 9.17) is 14.2 Å². The van der Waals surface area contributed by atoms with Gasteiger partial charge in [0.15, 0.2) is 40.2 Å². The molecule has 0 bridgehead atoms. The minimum Gasteiger partial charge on any atom is -0.504 e. The molecule has 3 rings (SSSR count). The van der Waals surface area contributed by atoms with Crippen molar-refractivity contribution in [3.63, 3.8) is 0 Å². The van der Waals surface area contributed by atoms with Crippen molar-refractivity contribution in [2.75, 3.05) is 13.9 Å². The highest BCUT2D eigenvalue weighted by atomic mass is 16.7. The molecule has 14 nitrogen and oxygen atoms in total. The van der Waals surface area contributed by atoms with Crippen molar-refractivity contribution in [1.29, 1.82) is 0 Å². The molecule has 0 unspecified atom stereocenters. The number of carbonyl (C=O) groups is 3. The van der Waals surface area contributed by atoms with Crippen LogP contribution in [0.3, 0.4) is 0 Å². The third-order valence-corrected chi connectivity index (χ3v) is 4.68. The van der Waals surface area contributed by atoms with Gasteiger partial charge in [-0.1, -0.05) is 0 Å². The summed E-state index contributed by atoms with van der Waals surface area (Å²) in [7, 11) is 1.09. The normalized spacial score (nSPS) is 10.4. The summed E-state index contributed by atoms with van der Waals surface area (Å²) in [5, 5.41) is 67.9. The fourth-order valence-corrected chi connectivity index (χ4v) is 2.84. The molecule has 0 saturated heterocycles. The highest BCUT2D eigenvalue weighted by Crippen LogP contribution is 2.39. The lowest BCUT2D eigenvalue weighted by atomic mass is 10.1. The van der Waals surface area contributed by atoms with Crippen LogP contribution >= 0.6 is 0 Å². The first-order valence-corrected chi connectivity index (χ1v) is 9.90. The molecule has 0 spiro atoms. The van der Waals surface area contributed by atoms with Crippen LogP contribution in [0.1, 0.15) is 31.1 Å². The minimum absolute atomic E-state index is 0.177. The SMILES string of the molecule is COC(=O)c1cc(O)c(O)c(OCOC(=O)c2cc(O)c(O)c(OC(=O)c3cc(O)c(O)c(O)c3)c2)c1. The van der Waals surface area contributed by atoms with Crippen LogP contribution in [0.25, 0.3) is 0 Å². The number of methoxy groups -OCH3 is 1. The van der Waals surface area contributed by atoms with Crippen LogP contribution in [0.2, 0.25) is 0 Å². The van der Waals surface area contributed by atoms with Crippen molar-refractivity contribution < 1.29 is 69.1 Å². The van der Waals surface area contributed by atoms with Gasteiger partial charge in [-0.3, -0.25) is 0 Å². The van der Waals surface area contributed by atoms with Crippen LogP contribution in [-0.2, 0) is 9.47 Å². The first kappa shape index (κ1) is 26.1. The summed E-state index contributed by atoms with van der Waals surface area (Å²) in [6.45, 7) is -0.862. The van der Waals surface area contributed by atoms with E-state index >= 15 is 0 Å². The first-order valence-electron chi connectivity index (χ1n) is 9.90. The van der Waals surface area contributed by atoms with E-state index in [-0.39, 0.29) is 5.56 Å². The zero-order valence-corrected chi connectivity index (χ0v) is 18.7. The van der Waals surface area contributed by atoms with E-state index in [0.717, 1.165) is 43.5 Å². The number of phenolic OH excluding ortho intramolecular Hbond substituents is 7. The monoisotopic (exact) mass is 518 g/mol. The van der Waals surface area contributed by atoms with Crippen LogP contribution < -0.4 is 9.47 Å². The summed E-state index contributed by atoms with van der Waals surface area (Å²) >= 11 is 0. The number of benzene rings is 3. The highest BCUT2D eigenvalue weighted by molar-refractivity contribution is 5.95. The summed E-state index contributed by atoms with van der Waals surface area (Å²) in [4.78, 5) is 36.4. The van der Waals surface area contributed by atoms with Crippen LogP contribution in [-0.4, -0.2) is 67.6 Å². The summed E-state index contributed by atoms with van der Waals surface area (Å²) < 4.78 is 19.3. The number of aromatic hydroxyl groups is 7. The lowest BCUT2D eigenvalue weighted by Crippen LogP contribution is -2.12. The molecular weight excluding hydrogens is 500 g/mol. The summed E-state index contributed by atoms with van der Waals surface area (Å²) in [6, 6.07) is 5.03. The van der Waals surface area contributed by atoms with E-state index < -0.39 is 87.6 Å². The smallest absolute Gasteiger partial charge is 0.343 e. The van der Waals surface area contributed by atoms with Gasteiger partial charge in [-0.25, -0.2) is 14.4 Å². The maximum absolute atomic E-state index is 12.4. The van der Waals surface area contributed by atoms with Crippen molar-refractivity contribution >= 4 is 17.9 Å². The topological polar surface area (TPSA) is 230 Å². The molecule has 3 aromatic carbocycles. The van der Waals surface area contributed by atoms with E-state index in [1.54, 1.807) is 0 Å². The first-order chi connectivity index (χ1) is 17.4. The van der Waals surface area contributed by atoms with Crippen LogP contribution in [0.4, 0.5) is 0 Å². The molecule has 7 N–H and O–H groups in total. The number of phenols is 7. The molecule has 0 heterocycles. The quantitative estimate of drug-likeness (QED) is 0.102. The van der Waals surface area contributed by atoms with Crippen molar-refractivity contribution in [2.24, 2.45) is 0 Å². The standard InChI is InChI=1S/C23H18O14/c1-34-21(31)10-4-14(26)19(29)16(6-10)35-8-36-22(32)11-5-15(27)20(30)17(7-11)37-23(33)9-2-12(24)18(28)13(25)3-9/h2-7,24-30H,8H2,1H3. The Balaban J connectivity index is 1.75. The second kappa shape index (κ2) is 10.4. The molecule has 0 aliphatic heterocycles. The molecule has 0 amide bonds. The Kier molecular flexibility index (Phi) is 7.32. The zero-order valence-electron chi connectivity index (χ0n) is 18.7. The van der Waals surface area contributed by atoms with E-state index in [0.29, 0.717) is 0 Å². The Morgan fingerprint density at radius 2 is 1.03 bits per heavy atom. The Bertz CT molecular complexity index is 1370. The second-order valence-corrected chi connectivity index (χ2v) is 7.12. The lowest BCUT2D eigenvalue weighted by molar-refractivity contribution is 0.0143. The molecular formula is C23H18O14. The van der Waals surface area contributed by atoms with Gasteiger partial charge in [0.2, 0.25) is 18.3 Å². The Morgan fingerprint density at radius 1 is 0.595 bits per heavy atom. The molecule has 0 atom stereocenters. The van der Waals surface area contributed by atoms with Gasteiger partial charge in [-0.05, 0) is 36.4 Å². The number of hydrogen-bond donors (Lipinski definition) is 7. The second-order valence-electron chi connectivity index (χ2n) is 7.12.